The predicted molar refractivity (Wildman–Crippen MR) is 66.8 cm³/mol. The van der Waals surface area contributed by atoms with E-state index in [1.54, 1.807) is 11.3 Å². The summed E-state index contributed by atoms with van der Waals surface area (Å²) in [6.07, 6.45) is 1.68. The van der Waals surface area contributed by atoms with Gasteiger partial charge in [0, 0.05) is 0 Å². The van der Waals surface area contributed by atoms with E-state index in [0.717, 1.165) is 18.4 Å². The van der Waals surface area contributed by atoms with Crippen LogP contribution in [0.15, 0.2) is 41.1 Å². The number of aliphatic hydroxyl groups excluding tert-OH is 1. The molecule has 82 valence electrons. The predicted octanol–water partition coefficient (Wildman–Crippen LogP) is 3.51. The standard InChI is InChI=1S/C14H14OS/c15-14(11-5-6-16-9-11)8-12-7-10-3-1-2-4-13(10)12/h1-6,9,12,14-15H,7-8H2. The molecule has 2 aromatic rings. The molecule has 1 nitrogen and oxygen atoms in total. The highest BCUT2D eigenvalue weighted by Gasteiger charge is 2.27. The van der Waals surface area contributed by atoms with Gasteiger partial charge in [0.05, 0.1) is 6.10 Å². The molecule has 2 atom stereocenters. The van der Waals surface area contributed by atoms with Crippen molar-refractivity contribution in [2.24, 2.45) is 0 Å². The Balaban J connectivity index is 1.70. The lowest BCUT2D eigenvalue weighted by molar-refractivity contribution is 0.154. The van der Waals surface area contributed by atoms with E-state index in [2.05, 4.69) is 24.3 Å². The third kappa shape index (κ3) is 1.68. The normalized spacial score (nSPS) is 19.9. The molecule has 1 N–H and O–H groups in total. The van der Waals surface area contributed by atoms with Crippen LogP contribution in [0, 0.1) is 0 Å². The van der Waals surface area contributed by atoms with Crippen molar-refractivity contribution in [1.82, 2.24) is 0 Å². The van der Waals surface area contributed by atoms with Crippen molar-refractivity contribution < 1.29 is 5.11 Å². The van der Waals surface area contributed by atoms with Crippen molar-refractivity contribution in [2.45, 2.75) is 24.9 Å². The lowest BCUT2D eigenvalue weighted by Crippen LogP contribution is -2.19. The lowest BCUT2D eigenvalue weighted by atomic mass is 9.74. The molecule has 16 heavy (non-hydrogen) atoms. The van der Waals surface area contributed by atoms with Crippen molar-refractivity contribution in [3.8, 4) is 0 Å². The molecule has 1 aliphatic rings. The third-order valence-corrected chi connectivity index (χ3v) is 4.10. The van der Waals surface area contributed by atoms with Crippen LogP contribution in [0.5, 0.6) is 0 Å². The highest BCUT2D eigenvalue weighted by Crippen LogP contribution is 2.40. The van der Waals surface area contributed by atoms with Crippen molar-refractivity contribution in [3.05, 3.63) is 57.8 Å². The molecular weight excluding hydrogens is 216 g/mol. The number of hydrogen-bond donors (Lipinski definition) is 1. The molecule has 0 radical (unpaired) electrons. The average Bonchev–Trinajstić information content (AvgIpc) is 2.79. The van der Waals surface area contributed by atoms with Gasteiger partial charge in [-0.25, -0.2) is 0 Å². The number of fused-ring (bicyclic) bond motifs is 1. The summed E-state index contributed by atoms with van der Waals surface area (Å²) >= 11 is 1.65. The summed E-state index contributed by atoms with van der Waals surface area (Å²) in [6, 6.07) is 10.6. The van der Waals surface area contributed by atoms with Gasteiger partial charge in [0.2, 0.25) is 0 Å². The molecule has 0 fully saturated rings. The zero-order valence-electron chi connectivity index (χ0n) is 8.97. The first-order valence-corrected chi connectivity index (χ1v) is 6.57. The fourth-order valence-electron chi connectivity index (χ4n) is 2.44. The van der Waals surface area contributed by atoms with Crippen LogP contribution in [-0.2, 0) is 6.42 Å². The van der Waals surface area contributed by atoms with Crippen LogP contribution in [0.3, 0.4) is 0 Å². The Hall–Kier alpha value is -1.12. The number of aliphatic hydroxyl groups is 1. The minimum Gasteiger partial charge on any atom is -0.388 e. The lowest BCUT2D eigenvalue weighted by Gasteiger charge is -2.31. The van der Waals surface area contributed by atoms with Crippen LogP contribution in [0.1, 0.15) is 35.1 Å². The van der Waals surface area contributed by atoms with E-state index in [1.165, 1.54) is 11.1 Å². The van der Waals surface area contributed by atoms with Crippen molar-refractivity contribution in [1.29, 1.82) is 0 Å². The summed E-state index contributed by atoms with van der Waals surface area (Å²) in [5.41, 5.74) is 3.94. The topological polar surface area (TPSA) is 20.2 Å². The largest absolute Gasteiger partial charge is 0.388 e. The fourth-order valence-corrected chi connectivity index (χ4v) is 3.15. The van der Waals surface area contributed by atoms with Gasteiger partial charge < -0.3 is 5.11 Å². The molecule has 1 aromatic carbocycles. The number of hydrogen-bond acceptors (Lipinski definition) is 2. The molecule has 2 unspecified atom stereocenters. The van der Waals surface area contributed by atoms with Crippen LogP contribution in [-0.4, -0.2) is 5.11 Å². The number of thiophene rings is 1. The van der Waals surface area contributed by atoms with Crippen LogP contribution >= 0.6 is 11.3 Å². The van der Waals surface area contributed by atoms with Gasteiger partial charge in [-0.05, 0) is 52.3 Å². The minimum atomic E-state index is -0.301. The maximum absolute atomic E-state index is 10.1. The Morgan fingerprint density at radius 2 is 2.19 bits per heavy atom. The van der Waals surface area contributed by atoms with Gasteiger partial charge in [0.1, 0.15) is 0 Å². The van der Waals surface area contributed by atoms with Crippen LogP contribution in [0.25, 0.3) is 0 Å². The van der Waals surface area contributed by atoms with E-state index < -0.39 is 0 Å². The van der Waals surface area contributed by atoms with Gasteiger partial charge >= 0.3 is 0 Å². The monoisotopic (exact) mass is 230 g/mol. The van der Waals surface area contributed by atoms with E-state index >= 15 is 0 Å². The Labute approximate surface area is 99.4 Å². The number of rotatable bonds is 3. The molecule has 1 aromatic heterocycles. The second-order valence-corrected chi connectivity index (χ2v) is 5.19. The summed E-state index contributed by atoms with van der Waals surface area (Å²) < 4.78 is 0. The Kier molecular flexibility index (Phi) is 2.54. The molecular formula is C14H14OS. The average molecular weight is 230 g/mol. The minimum absolute atomic E-state index is 0.301. The summed E-state index contributed by atoms with van der Waals surface area (Å²) in [6.45, 7) is 0. The Morgan fingerprint density at radius 3 is 2.94 bits per heavy atom. The summed E-state index contributed by atoms with van der Waals surface area (Å²) in [5, 5.41) is 14.1. The molecule has 0 aliphatic heterocycles. The van der Waals surface area contributed by atoms with Gasteiger partial charge in [-0.1, -0.05) is 24.3 Å². The summed E-state index contributed by atoms with van der Waals surface area (Å²) in [7, 11) is 0. The quantitative estimate of drug-likeness (QED) is 0.855. The first-order valence-electron chi connectivity index (χ1n) is 5.62. The Morgan fingerprint density at radius 1 is 1.31 bits per heavy atom. The van der Waals surface area contributed by atoms with E-state index in [1.807, 2.05) is 16.8 Å². The van der Waals surface area contributed by atoms with Gasteiger partial charge in [0.25, 0.3) is 0 Å². The zero-order valence-corrected chi connectivity index (χ0v) is 9.78. The van der Waals surface area contributed by atoms with Gasteiger partial charge in [-0.15, -0.1) is 0 Å². The van der Waals surface area contributed by atoms with Crippen LogP contribution in [0.4, 0.5) is 0 Å². The highest BCUT2D eigenvalue weighted by molar-refractivity contribution is 7.07. The van der Waals surface area contributed by atoms with E-state index in [-0.39, 0.29) is 6.10 Å². The van der Waals surface area contributed by atoms with Gasteiger partial charge in [-0.3, -0.25) is 0 Å². The summed E-state index contributed by atoms with van der Waals surface area (Å²) in [5.74, 6) is 0.547. The van der Waals surface area contributed by atoms with Gasteiger partial charge in [-0.2, -0.15) is 11.3 Å². The van der Waals surface area contributed by atoms with Crippen molar-refractivity contribution in [3.63, 3.8) is 0 Å². The molecule has 0 saturated carbocycles. The maximum atomic E-state index is 10.1. The second kappa shape index (κ2) is 4.04. The SMILES string of the molecule is OC(CC1Cc2ccccc21)c1ccsc1. The highest BCUT2D eigenvalue weighted by atomic mass is 32.1. The zero-order chi connectivity index (χ0) is 11.0. The molecule has 3 rings (SSSR count). The molecule has 1 heterocycles. The van der Waals surface area contributed by atoms with Crippen molar-refractivity contribution in [2.75, 3.05) is 0 Å². The molecule has 0 spiro atoms. The number of benzene rings is 1. The molecule has 2 heteroatoms. The van der Waals surface area contributed by atoms with Crippen LogP contribution < -0.4 is 0 Å². The van der Waals surface area contributed by atoms with E-state index in [0.29, 0.717) is 5.92 Å². The Bertz CT molecular complexity index is 475. The van der Waals surface area contributed by atoms with Gasteiger partial charge in [0.15, 0.2) is 0 Å². The molecule has 1 aliphatic carbocycles. The maximum Gasteiger partial charge on any atom is 0.0804 e. The van der Waals surface area contributed by atoms with E-state index in [9.17, 15) is 5.11 Å². The first-order chi connectivity index (χ1) is 7.84. The molecule has 0 saturated heterocycles. The fraction of sp³-hybridized carbons (Fsp3) is 0.286. The first kappa shape index (κ1) is 10.1. The smallest absolute Gasteiger partial charge is 0.0804 e. The second-order valence-electron chi connectivity index (χ2n) is 4.41. The van der Waals surface area contributed by atoms with Crippen molar-refractivity contribution >= 4 is 11.3 Å². The van der Waals surface area contributed by atoms with Crippen LogP contribution in [0.2, 0.25) is 0 Å². The molecule has 0 bridgehead atoms. The molecule has 0 amide bonds. The van der Waals surface area contributed by atoms with E-state index in [4.69, 9.17) is 0 Å². The third-order valence-electron chi connectivity index (χ3n) is 3.40. The summed E-state index contributed by atoms with van der Waals surface area (Å²) in [4.78, 5) is 0.